The summed E-state index contributed by atoms with van der Waals surface area (Å²) in [7, 11) is 0. The van der Waals surface area contributed by atoms with Crippen LogP contribution in [0.25, 0.3) is 0 Å². The molecular weight excluding hydrogens is 402 g/mol. The van der Waals surface area contributed by atoms with Gasteiger partial charge in [-0.2, -0.15) is 0 Å². The maximum atomic E-state index is 12.6. The Bertz CT molecular complexity index is 1130. The van der Waals surface area contributed by atoms with Crippen molar-refractivity contribution in [3.63, 3.8) is 0 Å². The van der Waals surface area contributed by atoms with E-state index in [1.54, 1.807) is 12.4 Å². The molecule has 1 aliphatic rings. The number of ether oxygens (including phenoxy) is 1. The summed E-state index contributed by atoms with van der Waals surface area (Å²) in [6.07, 6.45) is 3.46. The van der Waals surface area contributed by atoms with E-state index in [1.165, 1.54) is 0 Å². The van der Waals surface area contributed by atoms with Gasteiger partial charge in [0.1, 0.15) is 0 Å². The Morgan fingerprint density at radius 1 is 1.03 bits per heavy atom. The first-order valence-electron chi connectivity index (χ1n) is 10.5. The van der Waals surface area contributed by atoms with Crippen molar-refractivity contribution >= 4 is 17.5 Å². The molecule has 1 fully saturated rings. The summed E-state index contributed by atoms with van der Waals surface area (Å²) in [6, 6.07) is 15.8. The predicted molar refractivity (Wildman–Crippen MR) is 124 cm³/mol. The first-order chi connectivity index (χ1) is 15.7. The van der Waals surface area contributed by atoms with Gasteiger partial charge in [0, 0.05) is 43.3 Å². The van der Waals surface area contributed by atoms with Crippen LogP contribution in [0.5, 0.6) is 0 Å². The Balaban J connectivity index is 1.36. The smallest absolute Gasteiger partial charge is 0.224 e. The molecule has 0 saturated carbocycles. The van der Waals surface area contributed by atoms with Gasteiger partial charge in [0.05, 0.1) is 25.2 Å². The fraction of sp³-hybridized carbons (Fsp3) is 0.240. The third-order valence-electron chi connectivity index (χ3n) is 5.13. The highest BCUT2D eigenvalue weighted by Crippen LogP contribution is 2.21. The molecule has 7 nitrogen and oxygen atoms in total. The lowest BCUT2D eigenvalue weighted by molar-refractivity contribution is -0.120. The quantitative estimate of drug-likeness (QED) is 0.606. The number of morpholine rings is 1. The molecule has 3 aromatic rings. The lowest BCUT2D eigenvalue weighted by Crippen LogP contribution is -2.37. The summed E-state index contributed by atoms with van der Waals surface area (Å²) >= 11 is 0. The minimum absolute atomic E-state index is 0.0289. The molecule has 0 radical (unpaired) electrons. The van der Waals surface area contributed by atoms with Crippen molar-refractivity contribution in [2.24, 2.45) is 0 Å². The number of carbonyl (C=O) groups excluding carboxylic acids is 1. The van der Waals surface area contributed by atoms with Gasteiger partial charge in [0.2, 0.25) is 11.9 Å². The highest BCUT2D eigenvalue weighted by Gasteiger charge is 2.14. The molecule has 162 valence electrons. The van der Waals surface area contributed by atoms with Gasteiger partial charge in [-0.15, -0.1) is 0 Å². The van der Waals surface area contributed by atoms with Gasteiger partial charge >= 0.3 is 0 Å². The summed E-state index contributed by atoms with van der Waals surface area (Å²) in [6.45, 7) is 3.67. The van der Waals surface area contributed by atoms with Crippen molar-refractivity contribution in [2.75, 3.05) is 36.9 Å². The van der Waals surface area contributed by atoms with E-state index in [-0.39, 0.29) is 11.9 Å². The number of para-hydroxylation sites is 1. The number of anilines is 2. The molecule has 0 bridgehead atoms. The number of aromatic nitrogens is 2. The van der Waals surface area contributed by atoms with Crippen LogP contribution in [0.3, 0.4) is 0 Å². The van der Waals surface area contributed by atoms with Crippen LogP contribution in [-0.2, 0) is 22.5 Å². The Labute approximate surface area is 187 Å². The third kappa shape index (κ3) is 5.84. The number of nitrogens with one attached hydrogen (secondary N) is 1. The first-order valence-corrected chi connectivity index (χ1v) is 10.5. The first kappa shape index (κ1) is 21.3. The van der Waals surface area contributed by atoms with Crippen LogP contribution in [0, 0.1) is 11.8 Å². The Kier molecular flexibility index (Phi) is 6.95. The molecule has 1 aliphatic heterocycles. The SMILES string of the molecule is Nc1ncc(C#Cc2cccc(CC(=O)NCc3ccccc3N3CCOCC3)c2)cn1. The zero-order valence-corrected chi connectivity index (χ0v) is 17.8. The number of benzene rings is 2. The molecule has 0 aliphatic carbocycles. The van der Waals surface area contributed by atoms with Crippen molar-refractivity contribution < 1.29 is 9.53 Å². The molecule has 0 unspecified atom stereocenters. The van der Waals surface area contributed by atoms with Gasteiger partial charge in [-0.05, 0) is 29.3 Å². The standard InChI is InChI=1S/C25H25N5O2/c26-25-28-16-21(17-29-25)9-8-19-4-3-5-20(14-19)15-24(31)27-18-22-6-1-2-7-23(22)30-10-12-32-13-11-30/h1-7,14,16-17H,10-13,15,18H2,(H,27,31)(H2,26,28,29). The van der Waals surface area contributed by atoms with Gasteiger partial charge in [0.15, 0.2) is 0 Å². The van der Waals surface area contributed by atoms with Crippen molar-refractivity contribution in [3.05, 3.63) is 83.2 Å². The van der Waals surface area contributed by atoms with Crippen LogP contribution >= 0.6 is 0 Å². The number of nitrogens with two attached hydrogens (primary N) is 1. The van der Waals surface area contributed by atoms with Gasteiger partial charge in [-0.25, -0.2) is 9.97 Å². The van der Waals surface area contributed by atoms with Crippen molar-refractivity contribution in [2.45, 2.75) is 13.0 Å². The molecule has 0 spiro atoms. The molecule has 32 heavy (non-hydrogen) atoms. The maximum absolute atomic E-state index is 12.6. The average molecular weight is 428 g/mol. The molecule has 0 atom stereocenters. The van der Waals surface area contributed by atoms with E-state index in [0.717, 1.165) is 48.7 Å². The number of hydrogen-bond donors (Lipinski definition) is 2. The zero-order valence-electron chi connectivity index (χ0n) is 17.8. The van der Waals surface area contributed by atoms with Crippen LogP contribution in [-0.4, -0.2) is 42.2 Å². The van der Waals surface area contributed by atoms with Crippen LogP contribution in [0.4, 0.5) is 11.6 Å². The molecule has 1 saturated heterocycles. The Morgan fingerprint density at radius 2 is 1.78 bits per heavy atom. The summed E-state index contributed by atoms with van der Waals surface area (Å²) in [5.74, 6) is 6.28. The topological polar surface area (TPSA) is 93.4 Å². The van der Waals surface area contributed by atoms with E-state index in [1.807, 2.05) is 36.4 Å². The van der Waals surface area contributed by atoms with E-state index in [2.05, 4.69) is 44.2 Å². The summed E-state index contributed by atoms with van der Waals surface area (Å²) in [4.78, 5) is 22.8. The summed E-state index contributed by atoms with van der Waals surface area (Å²) in [5.41, 5.74) is 10.2. The van der Waals surface area contributed by atoms with Crippen LogP contribution < -0.4 is 16.0 Å². The highest BCUT2D eigenvalue weighted by atomic mass is 16.5. The van der Waals surface area contributed by atoms with Gasteiger partial charge in [-0.3, -0.25) is 4.79 Å². The maximum Gasteiger partial charge on any atom is 0.224 e. The second-order valence-corrected chi connectivity index (χ2v) is 7.46. The molecule has 1 amide bonds. The van der Waals surface area contributed by atoms with Crippen molar-refractivity contribution in [1.82, 2.24) is 15.3 Å². The molecule has 2 aromatic carbocycles. The zero-order chi connectivity index (χ0) is 22.2. The van der Waals surface area contributed by atoms with Crippen LogP contribution in [0.2, 0.25) is 0 Å². The van der Waals surface area contributed by atoms with E-state index in [9.17, 15) is 4.79 Å². The number of carbonyl (C=O) groups is 1. The van der Waals surface area contributed by atoms with Crippen molar-refractivity contribution in [1.29, 1.82) is 0 Å². The van der Waals surface area contributed by atoms with Gasteiger partial charge in [-0.1, -0.05) is 42.2 Å². The molecule has 4 rings (SSSR count). The third-order valence-corrected chi connectivity index (χ3v) is 5.13. The second kappa shape index (κ2) is 10.4. The predicted octanol–water partition coefficient (Wildman–Crippen LogP) is 2.15. The van der Waals surface area contributed by atoms with Crippen molar-refractivity contribution in [3.8, 4) is 11.8 Å². The number of nitrogen functional groups attached to an aromatic ring is 1. The molecule has 7 heteroatoms. The number of nitrogens with zero attached hydrogens (tertiary/aromatic N) is 3. The largest absolute Gasteiger partial charge is 0.378 e. The van der Waals surface area contributed by atoms with E-state index in [4.69, 9.17) is 10.5 Å². The average Bonchev–Trinajstić information content (AvgIpc) is 2.83. The minimum atomic E-state index is -0.0289. The van der Waals surface area contributed by atoms with E-state index in [0.29, 0.717) is 18.5 Å². The molecule has 2 heterocycles. The Hall–Kier alpha value is -3.89. The van der Waals surface area contributed by atoms with E-state index < -0.39 is 0 Å². The lowest BCUT2D eigenvalue weighted by atomic mass is 10.1. The number of amides is 1. The Morgan fingerprint density at radius 3 is 2.59 bits per heavy atom. The normalized spacial score (nSPS) is 13.2. The molecular formula is C25H25N5O2. The monoisotopic (exact) mass is 427 g/mol. The lowest BCUT2D eigenvalue weighted by Gasteiger charge is -2.30. The molecule has 1 aromatic heterocycles. The summed E-state index contributed by atoms with van der Waals surface area (Å²) in [5, 5.41) is 3.05. The van der Waals surface area contributed by atoms with E-state index >= 15 is 0 Å². The van der Waals surface area contributed by atoms with Crippen LogP contribution in [0.15, 0.2) is 60.9 Å². The van der Waals surface area contributed by atoms with Crippen LogP contribution in [0.1, 0.15) is 22.3 Å². The number of rotatable bonds is 5. The fourth-order valence-electron chi connectivity index (χ4n) is 3.52. The fourth-order valence-corrected chi connectivity index (χ4v) is 3.52. The van der Waals surface area contributed by atoms with Gasteiger partial charge in [0.25, 0.3) is 0 Å². The minimum Gasteiger partial charge on any atom is -0.378 e. The number of hydrogen-bond acceptors (Lipinski definition) is 6. The highest BCUT2D eigenvalue weighted by molar-refractivity contribution is 5.79. The summed E-state index contributed by atoms with van der Waals surface area (Å²) < 4.78 is 5.45. The second-order valence-electron chi connectivity index (χ2n) is 7.46. The van der Waals surface area contributed by atoms with Gasteiger partial charge < -0.3 is 20.7 Å². The molecule has 3 N–H and O–H groups in total.